The van der Waals surface area contributed by atoms with Gasteiger partial charge in [-0.1, -0.05) is 30.3 Å². The molecule has 106 valence electrons. The number of rotatable bonds is 6. The zero-order valence-corrected chi connectivity index (χ0v) is 13.5. The third-order valence-electron chi connectivity index (χ3n) is 2.98. The monoisotopic (exact) mass is 352 g/mol. The lowest BCUT2D eigenvalue weighted by molar-refractivity contribution is 0.0767. The second kappa shape index (κ2) is 7.57. The van der Waals surface area contributed by atoms with E-state index in [9.17, 15) is 4.79 Å². The van der Waals surface area contributed by atoms with Crippen molar-refractivity contribution in [2.75, 3.05) is 19.6 Å². The highest BCUT2D eigenvalue weighted by Gasteiger charge is 2.16. The minimum atomic E-state index is 0.0575. The minimum absolute atomic E-state index is 0.0575. The van der Waals surface area contributed by atoms with Crippen molar-refractivity contribution in [3.05, 3.63) is 56.7 Å². The Morgan fingerprint density at radius 1 is 1.25 bits per heavy atom. The van der Waals surface area contributed by atoms with Crippen LogP contribution in [0.1, 0.15) is 15.2 Å². The lowest BCUT2D eigenvalue weighted by Crippen LogP contribution is -2.36. The summed E-state index contributed by atoms with van der Waals surface area (Å²) in [5.41, 5.74) is 6.85. The fourth-order valence-corrected chi connectivity index (χ4v) is 3.35. The van der Waals surface area contributed by atoms with Gasteiger partial charge in [0.15, 0.2) is 0 Å². The molecule has 0 spiro atoms. The third-order valence-corrected chi connectivity index (χ3v) is 4.66. The van der Waals surface area contributed by atoms with Crippen LogP contribution >= 0.6 is 27.3 Å². The van der Waals surface area contributed by atoms with Crippen molar-refractivity contribution in [2.24, 2.45) is 5.73 Å². The Morgan fingerprint density at radius 3 is 2.60 bits per heavy atom. The molecule has 0 saturated carbocycles. The van der Waals surface area contributed by atoms with Crippen LogP contribution in [0.4, 0.5) is 0 Å². The molecule has 2 N–H and O–H groups in total. The summed E-state index contributed by atoms with van der Waals surface area (Å²) in [5.74, 6) is 0.0575. The van der Waals surface area contributed by atoms with E-state index in [1.807, 2.05) is 34.5 Å². The number of nitrogens with zero attached hydrogens (tertiary/aromatic N) is 1. The Hall–Kier alpha value is -1.17. The zero-order valence-electron chi connectivity index (χ0n) is 11.1. The number of hydrogen-bond acceptors (Lipinski definition) is 3. The van der Waals surface area contributed by atoms with Gasteiger partial charge in [0.05, 0.1) is 4.88 Å². The van der Waals surface area contributed by atoms with Gasteiger partial charge in [0.1, 0.15) is 0 Å². The van der Waals surface area contributed by atoms with Crippen LogP contribution in [0.25, 0.3) is 0 Å². The van der Waals surface area contributed by atoms with Crippen LogP contribution in [0.2, 0.25) is 0 Å². The van der Waals surface area contributed by atoms with Crippen molar-refractivity contribution in [1.29, 1.82) is 0 Å². The summed E-state index contributed by atoms with van der Waals surface area (Å²) < 4.78 is 0.946. The van der Waals surface area contributed by atoms with Crippen LogP contribution in [0.15, 0.2) is 46.3 Å². The third kappa shape index (κ3) is 4.16. The lowest BCUT2D eigenvalue weighted by atomic mass is 10.1. The molecule has 20 heavy (non-hydrogen) atoms. The molecular formula is C15H17BrN2OS. The quantitative estimate of drug-likeness (QED) is 0.867. The molecule has 1 aromatic heterocycles. The van der Waals surface area contributed by atoms with Crippen molar-refractivity contribution in [1.82, 2.24) is 4.90 Å². The highest BCUT2D eigenvalue weighted by atomic mass is 79.9. The summed E-state index contributed by atoms with van der Waals surface area (Å²) in [7, 11) is 0. The van der Waals surface area contributed by atoms with Gasteiger partial charge in [0.25, 0.3) is 5.91 Å². The molecule has 1 aromatic carbocycles. The number of carbonyl (C=O) groups is 1. The van der Waals surface area contributed by atoms with E-state index in [0.717, 1.165) is 15.8 Å². The summed E-state index contributed by atoms with van der Waals surface area (Å²) >= 11 is 4.83. The Labute approximate surface area is 131 Å². The number of benzene rings is 1. The highest BCUT2D eigenvalue weighted by molar-refractivity contribution is 9.10. The van der Waals surface area contributed by atoms with Crippen LogP contribution in [0.3, 0.4) is 0 Å². The Balaban J connectivity index is 2.01. The van der Waals surface area contributed by atoms with Crippen molar-refractivity contribution in [3.63, 3.8) is 0 Å². The van der Waals surface area contributed by atoms with Gasteiger partial charge in [0.2, 0.25) is 0 Å². The first kappa shape index (κ1) is 15.2. The Morgan fingerprint density at radius 2 is 2.00 bits per heavy atom. The van der Waals surface area contributed by atoms with Gasteiger partial charge in [-0.15, -0.1) is 11.3 Å². The zero-order chi connectivity index (χ0) is 14.4. The van der Waals surface area contributed by atoms with E-state index in [4.69, 9.17) is 5.73 Å². The minimum Gasteiger partial charge on any atom is -0.336 e. The molecule has 0 aliphatic rings. The van der Waals surface area contributed by atoms with Gasteiger partial charge in [-0.25, -0.2) is 0 Å². The first-order valence-electron chi connectivity index (χ1n) is 6.48. The molecule has 2 rings (SSSR count). The summed E-state index contributed by atoms with van der Waals surface area (Å²) in [6, 6.07) is 12.0. The van der Waals surface area contributed by atoms with E-state index < -0.39 is 0 Å². The Bertz CT molecular complexity index is 556. The van der Waals surface area contributed by atoms with Crippen LogP contribution in [-0.4, -0.2) is 30.4 Å². The van der Waals surface area contributed by atoms with Gasteiger partial charge in [0, 0.05) is 29.5 Å². The molecule has 0 unspecified atom stereocenters. The van der Waals surface area contributed by atoms with Gasteiger partial charge in [-0.2, -0.15) is 0 Å². The van der Waals surface area contributed by atoms with Crippen LogP contribution < -0.4 is 5.73 Å². The number of nitrogens with two attached hydrogens (primary N) is 1. The molecule has 3 nitrogen and oxygen atoms in total. The molecular weight excluding hydrogens is 336 g/mol. The van der Waals surface area contributed by atoms with Crippen molar-refractivity contribution < 1.29 is 4.79 Å². The average Bonchev–Trinajstić information content (AvgIpc) is 2.90. The topological polar surface area (TPSA) is 46.3 Å². The van der Waals surface area contributed by atoms with Gasteiger partial charge in [-0.3, -0.25) is 4.79 Å². The molecule has 1 heterocycles. The predicted molar refractivity (Wildman–Crippen MR) is 87.1 cm³/mol. The Kier molecular flexibility index (Phi) is 5.76. The maximum atomic E-state index is 12.4. The average molecular weight is 353 g/mol. The van der Waals surface area contributed by atoms with E-state index in [0.29, 0.717) is 19.6 Å². The summed E-state index contributed by atoms with van der Waals surface area (Å²) in [6.45, 7) is 1.75. The fourth-order valence-electron chi connectivity index (χ4n) is 1.96. The van der Waals surface area contributed by atoms with Crippen LogP contribution in [0.5, 0.6) is 0 Å². The highest BCUT2D eigenvalue weighted by Crippen LogP contribution is 2.21. The molecule has 0 fully saturated rings. The van der Waals surface area contributed by atoms with E-state index >= 15 is 0 Å². The van der Waals surface area contributed by atoms with Crippen LogP contribution in [0, 0.1) is 0 Å². The predicted octanol–water partition coefficient (Wildman–Crippen LogP) is 3.15. The molecule has 0 bridgehead atoms. The van der Waals surface area contributed by atoms with Crippen molar-refractivity contribution in [2.45, 2.75) is 6.42 Å². The second-order valence-corrected chi connectivity index (χ2v) is 6.27. The van der Waals surface area contributed by atoms with Gasteiger partial charge in [-0.05, 0) is 34.0 Å². The summed E-state index contributed by atoms with van der Waals surface area (Å²) in [6.07, 6.45) is 0.846. The molecule has 0 aliphatic heterocycles. The lowest BCUT2D eigenvalue weighted by Gasteiger charge is -2.21. The van der Waals surface area contributed by atoms with Crippen molar-refractivity contribution >= 4 is 33.2 Å². The normalized spacial score (nSPS) is 10.5. The van der Waals surface area contributed by atoms with E-state index in [-0.39, 0.29) is 5.91 Å². The van der Waals surface area contributed by atoms with Gasteiger partial charge < -0.3 is 10.6 Å². The number of amides is 1. The summed E-state index contributed by atoms with van der Waals surface area (Å²) in [5, 5.41) is 1.92. The first-order chi connectivity index (χ1) is 9.70. The number of carbonyl (C=O) groups excluding carboxylic acids is 1. The van der Waals surface area contributed by atoms with E-state index in [2.05, 4.69) is 28.1 Å². The maximum Gasteiger partial charge on any atom is 0.264 e. The second-order valence-electron chi connectivity index (χ2n) is 4.45. The largest absolute Gasteiger partial charge is 0.336 e. The number of hydrogen-bond donors (Lipinski definition) is 1. The first-order valence-corrected chi connectivity index (χ1v) is 8.15. The molecule has 1 amide bonds. The molecule has 0 radical (unpaired) electrons. The molecule has 2 aromatic rings. The van der Waals surface area contributed by atoms with Crippen LogP contribution in [-0.2, 0) is 6.42 Å². The standard InChI is InChI=1S/C15H17BrN2OS/c16-13-10-14(20-11-13)15(19)18(9-7-17)8-6-12-4-2-1-3-5-12/h1-5,10-11H,6-9,17H2. The fraction of sp³-hybridized carbons (Fsp3) is 0.267. The van der Waals surface area contributed by atoms with E-state index in [1.165, 1.54) is 16.9 Å². The molecule has 0 atom stereocenters. The summed E-state index contributed by atoms with van der Waals surface area (Å²) in [4.78, 5) is 15.0. The molecule has 5 heteroatoms. The maximum absolute atomic E-state index is 12.4. The SMILES string of the molecule is NCCN(CCc1ccccc1)C(=O)c1cc(Br)cs1. The van der Waals surface area contributed by atoms with Crippen molar-refractivity contribution in [3.8, 4) is 0 Å². The van der Waals surface area contributed by atoms with E-state index in [1.54, 1.807) is 0 Å². The van der Waals surface area contributed by atoms with Gasteiger partial charge >= 0.3 is 0 Å². The number of thiophene rings is 1. The smallest absolute Gasteiger partial charge is 0.264 e. The molecule has 0 aliphatic carbocycles. The molecule has 0 saturated heterocycles. The number of halogens is 1.